The Labute approximate surface area is 123 Å². The molecule has 1 aliphatic rings. The van der Waals surface area contributed by atoms with Crippen LogP contribution >= 0.6 is 0 Å². The van der Waals surface area contributed by atoms with Crippen molar-refractivity contribution >= 4 is 6.03 Å². The van der Waals surface area contributed by atoms with Crippen molar-refractivity contribution in [1.82, 2.24) is 10.6 Å². The topological polar surface area (TPSA) is 61.4 Å². The van der Waals surface area contributed by atoms with Gasteiger partial charge < -0.3 is 15.7 Å². The van der Waals surface area contributed by atoms with E-state index < -0.39 is 24.2 Å². The van der Waals surface area contributed by atoms with Crippen LogP contribution in [0.25, 0.3) is 0 Å². The Balaban J connectivity index is 2.43. The van der Waals surface area contributed by atoms with Crippen LogP contribution in [-0.4, -0.2) is 36.0 Å². The number of urea groups is 1. The molecule has 7 heteroatoms. The van der Waals surface area contributed by atoms with Gasteiger partial charge in [0.15, 0.2) is 0 Å². The second kappa shape index (κ2) is 7.87. The van der Waals surface area contributed by atoms with Crippen molar-refractivity contribution in [2.75, 3.05) is 6.61 Å². The number of aliphatic hydroxyl groups is 1. The fraction of sp³-hybridized carbons (Fsp3) is 0.929. The molecule has 0 aromatic carbocycles. The zero-order chi connectivity index (χ0) is 16.0. The molecule has 0 spiro atoms. The molecule has 1 saturated carbocycles. The number of hydrogen-bond donors (Lipinski definition) is 3. The van der Waals surface area contributed by atoms with Gasteiger partial charge in [0.1, 0.15) is 0 Å². The molecular weight excluding hydrogens is 285 g/mol. The maximum absolute atomic E-state index is 12.7. The van der Waals surface area contributed by atoms with E-state index in [0.29, 0.717) is 25.2 Å². The SMILES string of the molecule is CC(C)CC(CO)NC(=O)NC1CCCC(C(F)(F)F)C1. The molecule has 0 saturated heterocycles. The van der Waals surface area contributed by atoms with E-state index in [-0.39, 0.29) is 25.5 Å². The Bertz CT molecular complexity index is 335. The van der Waals surface area contributed by atoms with E-state index in [2.05, 4.69) is 10.6 Å². The molecule has 0 radical (unpaired) electrons. The number of nitrogens with one attached hydrogen (secondary N) is 2. The molecule has 1 fully saturated rings. The summed E-state index contributed by atoms with van der Waals surface area (Å²) in [5, 5.41) is 14.4. The summed E-state index contributed by atoms with van der Waals surface area (Å²) in [6.45, 7) is 3.76. The summed E-state index contributed by atoms with van der Waals surface area (Å²) in [7, 11) is 0. The molecule has 3 unspecified atom stereocenters. The lowest BCUT2D eigenvalue weighted by molar-refractivity contribution is -0.183. The highest BCUT2D eigenvalue weighted by Crippen LogP contribution is 2.37. The van der Waals surface area contributed by atoms with E-state index >= 15 is 0 Å². The van der Waals surface area contributed by atoms with E-state index in [1.807, 2.05) is 13.8 Å². The first-order valence-electron chi connectivity index (χ1n) is 7.47. The van der Waals surface area contributed by atoms with Crippen molar-refractivity contribution in [3.8, 4) is 0 Å². The smallest absolute Gasteiger partial charge is 0.391 e. The average Bonchev–Trinajstić information content (AvgIpc) is 2.36. The molecular formula is C14H25F3N2O2. The lowest BCUT2D eigenvalue weighted by Crippen LogP contribution is -2.49. The maximum atomic E-state index is 12.7. The third-order valence-electron chi connectivity index (χ3n) is 3.78. The summed E-state index contributed by atoms with van der Waals surface area (Å²) in [5.74, 6) is -1.02. The van der Waals surface area contributed by atoms with Crippen LogP contribution in [0.1, 0.15) is 46.0 Å². The number of hydrogen-bond acceptors (Lipinski definition) is 2. The van der Waals surface area contributed by atoms with Gasteiger partial charge in [-0.3, -0.25) is 0 Å². The van der Waals surface area contributed by atoms with Crippen LogP contribution in [-0.2, 0) is 0 Å². The molecule has 1 rings (SSSR count). The fourth-order valence-electron chi connectivity index (χ4n) is 2.78. The molecule has 2 amide bonds. The molecule has 3 N–H and O–H groups in total. The quantitative estimate of drug-likeness (QED) is 0.731. The van der Waals surface area contributed by atoms with Gasteiger partial charge in [-0.1, -0.05) is 20.3 Å². The molecule has 0 heterocycles. The van der Waals surface area contributed by atoms with Gasteiger partial charge in [-0.25, -0.2) is 4.79 Å². The summed E-state index contributed by atoms with van der Waals surface area (Å²) >= 11 is 0. The average molecular weight is 310 g/mol. The number of carbonyl (C=O) groups excluding carboxylic acids is 1. The van der Waals surface area contributed by atoms with Gasteiger partial charge in [0.25, 0.3) is 0 Å². The monoisotopic (exact) mass is 310 g/mol. The predicted molar refractivity (Wildman–Crippen MR) is 73.8 cm³/mol. The van der Waals surface area contributed by atoms with Crippen LogP contribution in [0, 0.1) is 11.8 Å². The number of aliphatic hydroxyl groups excluding tert-OH is 1. The van der Waals surface area contributed by atoms with Crippen molar-refractivity contribution in [2.24, 2.45) is 11.8 Å². The Morgan fingerprint density at radius 3 is 2.52 bits per heavy atom. The fourth-order valence-corrected chi connectivity index (χ4v) is 2.78. The number of halogens is 3. The van der Waals surface area contributed by atoms with Gasteiger partial charge in [0.05, 0.1) is 18.6 Å². The summed E-state index contributed by atoms with van der Waals surface area (Å²) in [4.78, 5) is 11.8. The summed E-state index contributed by atoms with van der Waals surface area (Å²) in [5.41, 5.74) is 0. The predicted octanol–water partition coefficient (Wildman–Crippen LogP) is 2.81. The first-order chi connectivity index (χ1) is 9.72. The molecule has 0 aliphatic heterocycles. The van der Waals surface area contributed by atoms with Crippen LogP contribution in [0.5, 0.6) is 0 Å². The molecule has 1 aliphatic carbocycles. The zero-order valence-corrected chi connectivity index (χ0v) is 12.5. The highest BCUT2D eigenvalue weighted by Gasteiger charge is 2.42. The van der Waals surface area contributed by atoms with Gasteiger partial charge >= 0.3 is 12.2 Å². The minimum absolute atomic E-state index is 0.0646. The van der Waals surface area contributed by atoms with Crippen molar-refractivity contribution in [2.45, 2.75) is 64.2 Å². The molecule has 124 valence electrons. The van der Waals surface area contributed by atoms with Crippen LogP contribution < -0.4 is 10.6 Å². The summed E-state index contributed by atoms with van der Waals surface area (Å²) in [6.07, 6.45) is -2.47. The van der Waals surface area contributed by atoms with E-state index in [4.69, 9.17) is 0 Å². The first-order valence-corrected chi connectivity index (χ1v) is 7.47. The normalized spacial score (nSPS) is 24.7. The van der Waals surface area contributed by atoms with Crippen LogP contribution in [0.4, 0.5) is 18.0 Å². The van der Waals surface area contributed by atoms with Crippen molar-refractivity contribution in [3.63, 3.8) is 0 Å². The Morgan fingerprint density at radius 1 is 1.33 bits per heavy atom. The highest BCUT2D eigenvalue weighted by atomic mass is 19.4. The second-order valence-corrected chi connectivity index (χ2v) is 6.23. The Hall–Kier alpha value is -0.980. The van der Waals surface area contributed by atoms with Crippen LogP contribution in [0.2, 0.25) is 0 Å². The molecule has 21 heavy (non-hydrogen) atoms. The summed E-state index contributed by atoms with van der Waals surface area (Å²) in [6, 6.07) is -1.32. The van der Waals surface area contributed by atoms with Gasteiger partial charge in [-0.05, 0) is 31.6 Å². The highest BCUT2D eigenvalue weighted by molar-refractivity contribution is 5.74. The maximum Gasteiger partial charge on any atom is 0.391 e. The van der Waals surface area contributed by atoms with E-state index in [9.17, 15) is 23.1 Å². The molecule has 0 aromatic heterocycles. The number of rotatable bonds is 5. The van der Waals surface area contributed by atoms with E-state index in [1.54, 1.807) is 0 Å². The minimum atomic E-state index is -4.19. The lowest BCUT2D eigenvalue weighted by Gasteiger charge is -2.31. The van der Waals surface area contributed by atoms with E-state index in [1.165, 1.54) is 0 Å². The van der Waals surface area contributed by atoms with Gasteiger partial charge in [-0.15, -0.1) is 0 Å². The van der Waals surface area contributed by atoms with Gasteiger partial charge in [-0.2, -0.15) is 13.2 Å². The molecule has 3 atom stereocenters. The third-order valence-corrected chi connectivity index (χ3v) is 3.78. The Kier molecular flexibility index (Phi) is 6.77. The third kappa shape index (κ3) is 6.54. The van der Waals surface area contributed by atoms with Crippen molar-refractivity contribution < 1.29 is 23.1 Å². The van der Waals surface area contributed by atoms with Crippen molar-refractivity contribution in [1.29, 1.82) is 0 Å². The van der Waals surface area contributed by atoms with Crippen LogP contribution in [0.15, 0.2) is 0 Å². The van der Waals surface area contributed by atoms with E-state index in [0.717, 1.165) is 0 Å². The molecule has 4 nitrogen and oxygen atoms in total. The summed E-state index contributed by atoms with van der Waals surface area (Å²) < 4.78 is 38.1. The van der Waals surface area contributed by atoms with Crippen LogP contribution in [0.3, 0.4) is 0 Å². The molecule has 0 aromatic rings. The van der Waals surface area contributed by atoms with Gasteiger partial charge in [0.2, 0.25) is 0 Å². The molecule has 0 bridgehead atoms. The van der Waals surface area contributed by atoms with Gasteiger partial charge in [0, 0.05) is 6.04 Å². The first kappa shape index (κ1) is 18.1. The Morgan fingerprint density at radius 2 is 2.00 bits per heavy atom. The zero-order valence-electron chi connectivity index (χ0n) is 12.5. The number of amides is 2. The second-order valence-electron chi connectivity index (χ2n) is 6.23. The number of alkyl halides is 3. The van der Waals surface area contributed by atoms with Crippen molar-refractivity contribution in [3.05, 3.63) is 0 Å². The standard InChI is InChI=1S/C14H25F3N2O2/c1-9(2)6-12(8-20)19-13(21)18-11-5-3-4-10(7-11)14(15,16)17/h9-12,20H,3-8H2,1-2H3,(H2,18,19,21). The number of carbonyl (C=O) groups is 1. The lowest BCUT2D eigenvalue weighted by atomic mass is 9.85. The largest absolute Gasteiger partial charge is 0.394 e. The minimum Gasteiger partial charge on any atom is -0.394 e.